The molecule has 0 bridgehead atoms. The van der Waals surface area contributed by atoms with Gasteiger partial charge in [-0.15, -0.1) is 0 Å². The highest BCUT2D eigenvalue weighted by Crippen LogP contribution is 2.23. The van der Waals surface area contributed by atoms with Crippen molar-refractivity contribution < 1.29 is 22.8 Å². The molecule has 0 unspecified atom stereocenters. The Hall–Kier alpha value is -2.05. The summed E-state index contributed by atoms with van der Waals surface area (Å²) in [5.41, 5.74) is -0.466. The molecule has 1 rings (SSSR count). The van der Waals surface area contributed by atoms with Crippen molar-refractivity contribution in [3.8, 4) is 0 Å². The van der Waals surface area contributed by atoms with Gasteiger partial charge in [0.05, 0.1) is 5.69 Å². The number of hydrogen-bond donors (Lipinski definition) is 1. The number of rotatable bonds is 6. The maximum Gasteiger partial charge on any atom is 0.240 e. The Labute approximate surface area is 120 Å². The van der Waals surface area contributed by atoms with E-state index in [2.05, 4.69) is 5.32 Å². The van der Waals surface area contributed by atoms with E-state index in [-0.39, 0.29) is 0 Å². The van der Waals surface area contributed by atoms with Gasteiger partial charge < -0.3 is 10.2 Å². The van der Waals surface area contributed by atoms with Gasteiger partial charge in [-0.25, -0.2) is 13.2 Å². The Balaban J connectivity index is 2.90. The fraction of sp³-hybridized carbons (Fsp3) is 0.429. The van der Waals surface area contributed by atoms with Crippen molar-refractivity contribution in [2.45, 2.75) is 26.7 Å². The van der Waals surface area contributed by atoms with Crippen LogP contribution >= 0.6 is 0 Å². The smallest absolute Gasteiger partial charge is 0.240 e. The molecule has 0 aliphatic heterocycles. The second-order valence-electron chi connectivity index (χ2n) is 4.50. The largest absolute Gasteiger partial charge is 0.355 e. The first-order valence-corrected chi connectivity index (χ1v) is 6.56. The van der Waals surface area contributed by atoms with Crippen molar-refractivity contribution in [1.82, 2.24) is 5.32 Å². The highest BCUT2D eigenvalue weighted by atomic mass is 19.2. The summed E-state index contributed by atoms with van der Waals surface area (Å²) in [4.78, 5) is 24.0. The first-order valence-electron chi connectivity index (χ1n) is 6.56. The second-order valence-corrected chi connectivity index (χ2v) is 4.50. The van der Waals surface area contributed by atoms with Gasteiger partial charge in [0.1, 0.15) is 6.54 Å². The Morgan fingerprint density at radius 1 is 1.19 bits per heavy atom. The third-order valence-electron chi connectivity index (χ3n) is 2.84. The minimum absolute atomic E-state index is 0.432. The van der Waals surface area contributed by atoms with Crippen LogP contribution in [0.1, 0.15) is 26.7 Å². The van der Waals surface area contributed by atoms with E-state index in [1.165, 1.54) is 0 Å². The number of carbonyl (C=O) groups excluding carboxylic acids is 2. The van der Waals surface area contributed by atoms with Crippen molar-refractivity contribution in [3.63, 3.8) is 0 Å². The van der Waals surface area contributed by atoms with Crippen LogP contribution in [0.3, 0.4) is 0 Å². The number of unbranched alkanes of at least 4 members (excludes halogenated alkanes) is 1. The molecule has 21 heavy (non-hydrogen) atoms. The molecular formula is C14H17F3N2O2. The SMILES string of the molecule is CCCCNC(=O)CN(C(C)=O)c1ccc(F)c(F)c1F. The molecule has 1 aromatic carbocycles. The van der Waals surface area contributed by atoms with Crippen LogP contribution in [-0.2, 0) is 9.59 Å². The summed E-state index contributed by atoms with van der Waals surface area (Å²) in [6.45, 7) is 3.03. The molecule has 116 valence electrons. The number of carbonyl (C=O) groups is 2. The molecule has 7 heteroatoms. The molecule has 0 saturated carbocycles. The number of benzene rings is 1. The fourth-order valence-electron chi connectivity index (χ4n) is 1.69. The molecule has 1 N–H and O–H groups in total. The van der Waals surface area contributed by atoms with E-state index in [1.807, 2.05) is 6.92 Å². The average molecular weight is 302 g/mol. The predicted octanol–water partition coefficient (Wildman–Crippen LogP) is 2.37. The Morgan fingerprint density at radius 3 is 2.43 bits per heavy atom. The first-order chi connectivity index (χ1) is 9.88. The number of anilines is 1. The first kappa shape index (κ1) is 17.0. The van der Waals surface area contributed by atoms with Gasteiger partial charge in [0.2, 0.25) is 11.8 Å². The van der Waals surface area contributed by atoms with Gasteiger partial charge in [0.15, 0.2) is 17.5 Å². The third kappa shape index (κ3) is 4.47. The van der Waals surface area contributed by atoms with E-state index in [1.54, 1.807) is 0 Å². The number of halogens is 3. The van der Waals surface area contributed by atoms with E-state index in [4.69, 9.17) is 0 Å². The van der Waals surface area contributed by atoms with Gasteiger partial charge in [-0.3, -0.25) is 9.59 Å². The maximum absolute atomic E-state index is 13.7. The van der Waals surface area contributed by atoms with Crippen molar-refractivity contribution in [2.75, 3.05) is 18.0 Å². The highest BCUT2D eigenvalue weighted by molar-refractivity contribution is 5.97. The van der Waals surface area contributed by atoms with Gasteiger partial charge in [0.25, 0.3) is 0 Å². The van der Waals surface area contributed by atoms with E-state index in [9.17, 15) is 22.8 Å². The Morgan fingerprint density at radius 2 is 1.86 bits per heavy atom. The predicted molar refractivity (Wildman–Crippen MR) is 72.3 cm³/mol. The van der Waals surface area contributed by atoms with Crippen LogP contribution in [0.4, 0.5) is 18.9 Å². The standard InChI is InChI=1S/C14H17F3N2O2/c1-3-4-7-18-12(21)8-19(9(2)20)11-6-5-10(15)13(16)14(11)17/h5-6H,3-4,7-8H2,1-2H3,(H,18,21). The lowest BCUT2D eigenvalue weighted by Crippen LogP contribution is -2.40. The molecule has 4 nitrogen and oxygen atoms in total. The Kier molecular flexibility index (Phi) is 6.20. The fourth-order valence-corrected chi connectivity index (χ4v) is 1.69. The van der Waals surface area contributed by atoms with Crippen molar-refractivity contribution in [3.05, 3.63) is 29.6 Å². The monoisotopic (exact) mass is 302 g/mol. The average Bonchev–Trinajstić information content (AvgIpc) is 2.43. The third-order valence-corrected chi connectivity index (χ3v) is 2.84. The lowest BCUT2D eigenvalue weighted by molar-refractivity contribution is -0.123. The summed E-state index contributed by atoms with van der Waals surface area (Å²) in [7, 11) is 0. The van der Waals surface area contributed by atoms with Crippen molar-refractivity contribution in [1.29, 1.82) is 0 Å². The summed E-state index contributed by atoms with van der Waals surface area (Å²) < 4.78 is 39.8. The molecular weight excluding hydrogens is 285 g/mol. The summed E-state index contributed by atoms with van der Waals surface area (Å²) >= 11 is 0. The summed E-state index contributed by atoms with van der Waals surface area (Å²) in [5.74, 6) is -5.67. The molecule has 0 atom stereocenters. The van der Waals surface area contributed by atoms with Crippen molar-refractivity contribution in [2.24, 2.45) is 0 Å². The van der Waals surface area contributed by atoms with Gasteiger partial charge >= 0.3 is 0 Å². The van der Waals surface area contributed by atoms with Crippen LogP contribution in [0.15, 0.2) is 12.1 Å². The molecule has 0 aliphatic rings. The summed E-state index contributed by atoms with van der Waals surface area (Å²) in [5, 5.41) is 2.56. The quantitative estimate of drug-likeness (QED) is 0.648. The minimum Gasteiger partial charge on any atom is -0.355 e. The van der Waals surface area contributed by atoms with Gasteiger partial charge in [-0.2, -0.15) is 0 Å². The van der Waals surface area contributed by atoms with Crippen LogP contribution in [-0.4, -0.2) is 24.9 Å². The van der Waals surface area contributed by atoms with Crippen LogP contribution in [0, 0.1) is 17.5 Å². The van der Waals surface area contributed by atoms with E-state index in [0.29, 0.717) is 12.6 Å². The van der Waals surface area contributed by atoms with Gasteiger partial charge in [-0.1, -0.05) is 13.3 Å². The zero-order chi connectivity index (χ0) is 16.0. The number of amides is 2. The van der Waals surface area contributed by atoms with Crippen molar-refractivity contribution >= 4 is 17.5 Å². The molecule has 0 spiro atoms. The number of nitrogens with one attached hydrogen (secondary N) is 1. The van der Waals surface area contributed by atoms with E-state index >= 15 is 0 Å². The molecule has 0 saturated heterocycles. The number of hydrogen-bond acceptors (Lipinski definition) is 2. The van der Waals surface area contributed by atoms with E-state index in [0.717, 1.165) is 30.7 Å². The molecule has 0 heterocycles. The summed E-state index contributed by atoms with van der Waals surface area (Å²) in [6.07, 6.45) is 1.65. The van der Waals surface area contributed by atoms with Crippen LogP contribution in [0.25, 0.3) is 0 Å². The van der Waals surface area contributed by atoms with E-state index < -0.39 is 41.5 Å². The van der Waals surface area contributed by atoms with Gasteiger partial charge in [0, 0.05) is 13.5 Å². The van der Waals surface area contributed by atoms with Gasteiger partial charge in [-0.05, 0) is 18.6 Å². The van der Waals surface area contributed by atoms with Crippen LogP contribution < -0.4 is 10.2 Å². The molecule has 0 aromatic heterocycles. The molecule has 0 fully saturated rings. The minimum atomic E-state index is -1.68. The molecule has 0 radical (unpaired) electrons. The number of nitrogens with zero attached hydrogens (tertiary/aromatic N) is 1. The molecule has 1 aromatic rings. The normalized spacial score (nSPS) is 10.3. The van der Waals surface area contributed by atoms with Crippen LogP contribution in [0.2, 0.25) is 0 Å². The summed E-state index contributed by atoms with van der Waals surface area (Å²) in [6, 6.07) is 1.63. The zero-order valence-electron chi connectivity index (χ0n) is 11.9. The maximum atomic E-state index is 13.7. The topological polar surface area (TPSA) is 49.4 Å². The second kappa shape index (κ2) is 7.66. The molecule has 0 aliphatic carbocycles. The lowest BCUT2D eigenvalue weighted by Gasteiger charge is -2.21. The Bertz CT molecular complexity index is 535. The highest BCUT2D eigenvalue weighted by Gasteiger charge is 2.22. The lowest BCUT2D eigenvalue weighted by atomic mass is 10.2. The van der Waals surface area contributed by atoms with Crippen LogP contribution in [0.5, 0.6) is 0 Å². The molecule has 2 amide bonds. The zero-order valence-corrected chi connectivity index (χ0v) is 11.9.